The molecule has 1 saturated heterocycles. The van der Waals surface area contributed by atoms with Crippen molar-refractivity contribution < 1.29 is 9.59 Å². The summed E-state index contributed by atoms with van der Waals surface area (Å²) >= 11 is 1.34. The molecule has 0 saturated carbocycles. The maximum Gasteiger partial charge on any atom is 0.239 e. The van der Waals surface area contributed by atoms with E-state index < -0.39 is 0 Å². The van der Waals surface area contributed by atoms with Crippen LogP contribution in [0.2, 0.25) is 0 Å². The van der Waals surface area contributed by atoms with Gasteiger partial charge < -0.3 is 10.2 Å². The van der Waals surface area contributed by atoms with E-state index in [-0.39, 0.29) is 18.4 Å². The van der Waals surface area contributed by atoms with Crippen LogP contribution in [0, 0.1) is 5.92 Å². The first kappa shape index (κ1) is 16.7. The summed E-state index contributed by atoms with van der Waals surface area (Å²) in [6.07, 6.45) is 2.40. The Balaban J connectivity index is 1.85. The second-order valence-electron chi connectivity index (χ2n) is 5.90. The number of rotatable bonds is 7. The molecule has 0 unspecified atom stereocenters. The molecule has 22 heavy (non-hydrogen) atoms. The Morgan fingerprint density at radius 3 is 2.86 bits per heavy atom. The van der Waals surface area contributed by atoms with E-state index >= 15 is 0 Å². The number of carbonyl (C=O) groups is 2. The summed E-state index contributed by atoms with van der Waals surface area (Å²) in [5, 5.41) is 12.3. The molecule has 1 aromatic heterocycles. The van der Waals surface area contributed by atoms with Gasteiger partial charge in [-0.1, -0.05) is 25.2 Å². The smallest absolute Gasteiger partial charge is 0.239 e. The van der Waals surface area contributed by atoms with Crippen LogP contribution in [0.3, 0.4) is 0 Å². The van der Waals surface area contributed by atoms with Gasteiger partial charge in [0.2, 0.25) is 22.1 Å². The summed E-state index contributed by atoms with van der Waals surface area (Å²) in [6.45, 7) is 5.88. The Morgan fingerprint density at radius 1 is 1.45 bits per heavy atom. The van der Waals surface area contributed by atoms with E-state index in [1.165, 1.54) is 11.3 Å². The second-order valence-corrected chi connectivity index (χ2v) is 6.84. The summed E-state index contributed by atoms with van der Waals surface area (Å²) in [4.78, 5) is 27.0. The highest BCUT2D eigenvalue weighted by Gasteiger charge is 2.25. The molecular formula is C14H23N5O2S. The molecule has 0 radical (unpaired) electrons. The van der Waals surface area contributed by atoms with E-state index in [1.807, 2.05) is 0 Å². The van der Waals surface area contributed by atoms with Crippen molar-refractivity contribution in [3.63, 3.8) is 0 Å². The molecule has 1 aliphatic rings. The molecule has 0 spiro atoms. The van der Waals surface area contributed by atoms with Gasteiger partial charge in [0.25, 0.3) is 0 Å². The number of hydrogen-bond acceptors (Lipinski definition) is 6. The molecule has 0 aromatic carbocycles. The Labute approximate surface area is 134 Å². The summed E-state index contributed by atoms with van der Waals surface area (Å²) in [7, 11) is 1.80. The molecule has 1 N–H and O–H groups in total. The van der Waals surface area contributed by atoms with Crippen LogP contribution in [0.4, 0.5) is 10.3 Å². The monoisotopic (exact) mass is 325 g/mol. The molecule has 7 nitrogen and oxygen atoms in total. The second kappa shape index (κ2) is 7.53. The lowest BCUT2D eigenvalue weighted by molar-refractivity contribution is -0.120. The molecule has 122 valence electrons. The summed E-state index contributed by atoms with van der Waals surface area (Å²) < 4.78 is 0. The number of nitrogens with one attached hydrogen (secondary N) is 1. The first-order chi connectivity index (χ1) is 10.5. The minimum atomic E-state index is -0.0304. The minimum Gasteiger partial charge on any atom is -0.355 e. The van der Waals surface area contributed by atoms with Gasteiger partial charge in [-0.05, 0) is 18.8 Å². The maximum absolute atomic E-state index is 11.9. The first-order valence-electron chi connectivity index (χ1n) is 7.59. The lowest BCUT2D eigenvalue weighted by atomic mass is 10.1. The van der Waals surface area contributed by atoms with Gasteiger partial charge in [-0.15, -0.1) is 10.2 Å². The first-order valence-corrected chi connectivity index (χ1v) is 8.40. The van der Waals surface area contributed by atoms with Crippen molar-refractivity contribution in [3.8, 4) is 0 Å². The largest absolute Gasteiger partial charge is 0.355 e. The van der Waals surface area contributed by atoms with Crippen molar-refractivity contribution in [1.29, 1.82) is 0 Å². The normalized spacial score (nSPS) is 14.7. The van der Waals surface area contributed by atoms with Crippen molar-refractivity contribution in [1.82, 2.24) is 15.5 Å². The lowest BCUT2D eigenvalue weighted by Crippen LogP contribution is -2.35. The summed E-state index contributed by atoms with van der Waals surface area (Å²) in [5.74, 6) is 0.635. The molecule has 2 amide bonds. The third kappa shape index (κ3) is 4.40. The fourth-order valence-electron chi connectivity index (χ4n) is 2.16. The SMILES string of the molecule is CC(C)CCNC(=O)CN(C)c1nnc(N2CCCC2=O)s1. The van der Waals surface area contributed by atoms with Crippen LogP contribution < -0.4 is 15.1 Å². The highest BCUT2D eigenvalue weighted by atomic mass is 32.1. The topological polar surface area (TPSA) is 78.4 Å². The highest BCUT2D eigenvalue weighted by molar-refractivity contribution is 7.19. The standard InChI is InChI=1S/C14H23N5O2S/c1-10(2)6-7-15-11(20)9-18(3)13-16-17-14(22-13)19-8-4-5-12(19)21/h10H,4-9H2,1-3H3,(H,15,20). The van der Waals surface area contributed by atoms with Crippen molar-refractivity contribution in [2.45, 2.75) is 33.1 Å². The van der Waals surface area contributed by atoms with Crippen LogP contribution in [-0.4, -0.2) is 48.7 Å². The fourth-order valence-corrected chi connectivity index (χ4v) is 3.01. The molecule has 0 aliphatic carbocycles. The zero-order valence-electron chi connectivity index (χ0n) is 13.3. The van der Waals surface area contributed by atoms with Crippen LogP contribution in [0.25, 0.3) is 0 Å². The van der Waals surface area contributed by atoms with Crippen LogP contribution in [0.5, 0.6) is 0 Å². The Bertz CT molecular complexity index is 531. The zero-order chi connectivity index (χ0) is 16.1. The number of amides is 2. The number of aromatic nitrogens is 2. The Hall–Kier alpha value is -1.70. The Morgan fingerprint density at radius 2 is 2.23 bits per heavy atom. The van der Waals surface area contributed by atoms with Gasteiger partial charge in [-0.25, -0.2) is 0 Å². The van der Waals surface area contributed by atoms with E-state index in [4.69, 9.17) is 0 Å². The average Bonchev–Trinajstić information content (AvgIpc) is 3.06. The van der Waals surface area contributed by atoms with Gasteiger partial charge >= 0.3 is 0 Å². The molecule has 2 rings (SSSR count). The zero-order valence-corrected chi connectivity index (χ0v) is 14.2. The lowest BCUT2D eigenvalue weighted by Gasteiger charge is -2.15. The quantitative estimate of drug-likeness (QED) is 0.816. The number of likely N-dealkylation sites (N-methyl/N-ethyl adjacent to an activating group) is 1. The van der Waals surface area contributed by atoms with Gasteiger partial charge in [0.15, 0.2) is 0 Å². The number of nitrogens with zero attached hydrogens (tertiary/aromatic N) is 4. The van der Waals surface area contributed by atoms with Gasteiger partial charge in [0.1, 0.15) is 0 Å². The van der Waals surface area contributed by atoms with Crippen molar-refractivity contribution in [3.05, 3.63) is 0 Å². The summed E-state index contributed by atoms with van der Waals surface area (Å²) in [5.41, 5.74) is 0. The van der Waals surface area contributed by atoms with Crippen molar-refractivity contribution in [2.75, 3.05) is 36.5 Å². The molecule has 0 bridgehead atoms. The van der Waals surface area contributed by atoms with Gasteiger partial charge in [-0.3, -0.25) is 14.5 Å². The average molecular weight is 325 g/mol. The number of carbonyl (C=O) groups excluding carboxylic acids is 2. The van der Waals surface area contributed by atoms with E-state index in [1.54, 1.807) is 16.8 Å². The number of hydrogen-bond donors (Lipinski definition) is 1. The van der Waals surface area contributed by atoms with Crippen LogP contribution in [0.15, 0.2) is 0 Å². The van der Waals surface area contributed by atoms with Crippen LogP contribution >= 0.6 is 11.3 Å². The molecular weight excluding hydrogens is 302 g/mol. The summed E-state index contributed by atoms with van der Waals surface area (Å²) in [6, 6.07) is 0. The van der Waals surface area contributed by atoms with E-state index in [0.29, 0.717) is 35.7 Å². The van der Waals surface area contributed by atoms with Gasteiger partial charge in [-0.2, -0.15) is 0 Å². The predicted molar refractivity (Wildman–Crippen MR) is 87.2 cm³/mol. The Kier molecular flexibility index (Phi) is 5.70. The van der Waals surface area contributed by atoms with E-state index in [2.05, 4.69) is 29.4 Å². The fraction of sp³-hybridized carbons (Fsp3) is 0.714. The van der Waals surface area contributed by atoms with Crippen molar-refractivity contribution >= 4 is 33.4 Å². The van der Waals surface area contributed by atoms with Gasteiger partial charge in [0.05, 0.1) is 6.54 Å². The predicted octanol–water partition coefficient (Wildman–Crippen LogP) is 1.26. The molecule has 1 fully saturated rings. The molecule has 2 heterocycles. The molecule has 0 atom stereocenters. The minimum absolute atomic E-state index is 0.0304. The van der Waals surface area contributed by atoms with Crippen molar-refractivity contribution in [2.24, 2.45) is 5.92 Å². The third-order valence-corrected chi connectivity index (χ3v) is 4.52. The van der Waals surface area contributed by atoms with Crippen LogP contribution in [-0.2, 0) is 9.59 Å². The van der Waals surface area contributed by atoms with Crippen LogP contribution in [0.1, 0.15) is 33.1 Å². The van der Waals surface area contributed by atoms with E-state index in [0.717, 1.165) is 12.8 Å². The van der Waals surface area contributed by atoms with E-state index in [9.17, 15) is 9.59 Å². The van der Waals surface area contributed by atoms with Gasteiger partial charge in [0, 0.05) is 26.6 Å². The maximum atomic E-state index is 11.9. The highest BCUT2D eigenvalue weighted by Crippen LogP contribution is 2.29. The molecule has 1 aliphatic heterocycles. The third-order valence-electron chi connectivity index (χ3n) is 3.46. The number of anilines is 2. The molecule has 1 aromatic rings. The molecule has 8 heteroatoms.